The Hall–Kier alpha value is -0.720. The van der Waals surface area contributed by atoms with E-state index in [1.165, 1.54) is 20.3 Å². The maximum Gasteiger partial charge on any atom is 0.321 e. The van der Waals surface area contributed by atoms with Crippen LogP contribution in [-0.2, 0) is 10.2 Å². The van der Waals surface area contributed by atoms with E-state index in [9.17, 15) is 8.42 Å². The van der Waals surface area contributed by atoms with E-state index >= 15 is 0 Å². The van der Waals surface area contributed by atoms with Crippen LogP contribution in [0.4, 0.5) is 0 Å². The average Bonchev–Trinajstić information content (AvgIpc) is 2.17. The third kappa shape index (κ3) is 3.73. The Morgan fingerprint density at radius 2 is 1.80 bits per heavy atom. The molecule has 6 heteroatoms. The van der Waals surface area contributed by atoms with E-state index in [0.717, 1.165) is 14.3 Å². The molecule has 0 N–H and O–H groups in total. The molecule has 0 spiro atoms. The summed E-state index contributed by atoms with van der Waals surface area (Å²) >= 11 is 3.29. The molecule has 1 rings (SSSR count). The van der Waals surface area contributed by atoms with Crippen LogP contribution < -0.4 is 0 Å². The molecule has 0 amide bonds. The first-order chi connectivity index (χ1) is 6.92. The Balaban J connectivity index is 2.87. The van der Waals surface area contributed by atoms with Gasteiger partial charge in [0.25, 0.3) is 0 Å². The Morgan fingerprint density at radius 3 is 2.27 bits per heavy atom. The van der Waals surface area contributed by atoms with Gasteiger partial charge in [-0.2, -0.15) is 17.1 Å². The van der Waals surface area contributed by atoms with Gasteiger partial charge in [0, 0.05) is 24.8 Å². The second kappa shape index (κ2) is 4.87. The van der Waals surface area contributed by atoms with E-state index in [1.807, 2.05) is 12.1 Å². The van der Waals surface area contributed by atoms with E-state index in [4.69, 9.17) is 0 Å². The Labute approximate surface area is 97.9 Å². The van der Waals surface area contributed by atoms with Crippen LogP contribution in [0.2, 0.25) is 0 Å². The van der Waals surface area contributed by atoms with E-state index in [2.05, 4.69) is 20.3 Å². The largest absolute Gasteiger partial charge is 0.321 e. The summed E-state index contributed by atoms with van der Waals surface area (Å²) in [5.41, 5.74) is 0.739. The van der Waals surface area contributed by atoms with Crippen molar-refractivity contribution in [1.29, 1.82) is 0 Å². The predicted molar refractivity (Wildman–Crippen MR) is 64.3 cm³/mol. The molecule has 0 fully saturated rings. The van der Waals surface area contributed by atoms with Crippen molar-refractivity contribution in [3.8, 4) is 0 Å². The van der Waals surface area contributed by atoms with Crippen molar-refractivity contribution in [2.24, 2.45) is 4.40 Å². The van der Waals surface area contributed by atoms with Gasteiger partial charge in [0.2, 0.25) is 0 Å². The Morgan fingerprint density at radius 1 is 1.27 bits per heavy atom. The second-order valence-corrected chi connectivity index (χ2v) is 5.80. The summed E-state index contributed by atoms with van der Waals surface area (Å²) in [7, 11) is -0.638. The van der Waals surface area contributed by atoms with Crippen molar-refractivity contribution < 1.29 is 8.42 Å². The smallest absolute Gasteiger partial charge is 0.189 e. The molecule has 4 nitrogen and oxygen atoms in total. The fourth-order valence-electron chi connectivity index (χ4n) is 0.771. The molecular formula is C9H11BrN2O2S. The first kappa shape index (κ1) is 12.4. The minimum atomic E-state index is -3.52. The average molecular weight is 291 g/mol. The Kier molecular flexibility index (Phi) is 4.01. The molecule has 0 saturated carbocycles. The lowest BCUT2D eigenvalue weighted by Gasteiger charge is -2.04. The molecule has 0 saturated heterocycles. The van der Waals surface area contributed by atoms with Crippen LogP contribution in [0, 0.1) is 0 Å². The molecule has 15 heavy (non-hydrogen) atoms. The molecule has 1 aromatic rings. The van der Waals surface area contributed by atoms with Crippen LogP contribution in [0.25, 0.3) is 0 Å². The van der Waals surface area contributed by atoms with Gasteiger partial charge in [0.05, 0.1) is 0 Å². The fourth-order valence-corrected chi connectivity index (χ4v) is 1.48. The number of hydrogen-bond donors (Lipinski definition) is 0. The summed E-state index contributed by atoms with van der Waals surface area (Å²) in [5, 5.41) is 0. The first-order valence-corrected chi connectivity index (χ1v) is 6.34. The lowest BCUT2D eigenvalue weighted by molar-refractivity contribution is 0.523. The molecule has 1 aromatic carbocycles. The molecule has 0 bridgehead atoms. The third-order valence-corrected chi connectivity index (χ3v) is 3.49. The highest BCUT2D eigenvalue weighted by Crippen LogP contribution is 2.09. The van der Waals surface area contributed by atoms with E-state index in [-0.39, 0.29) is 0 Å². The van der Waals surface area contributed by atoms with E-state index in [0.29, 0.717) is 0 Å². The molecular weight excluding hydrogens is 280 g/mol. The predicted octanol–water partition coefficient (Wildman–Crippen LogP) is 1.67. The van der Waals surface area contributed by atoms with Crippen LogP contribution in [0.1, 0.15) is 5.56 Å². The summed E-state index contributed by atoms with van der Waals surface area (Å²) in [5.74, 6) is 0. The molecule has 0 unspecified atom stereocenters. The summed E-state index contributed by atoms with van der Waals surface area (Å²) in [4.78, 5) is 0. The number of benzene rings is 1. The van der Waals surface area contributed by atoms with E-state index in [1.54, 1.807) is 12.1 Å². The van der Waals surface area contributed by atoms with Crippen molar-refractivity contribution in [2.75, 3.05) is 14.1 Å². The van der Waals surface area contributed by atoms with Crippen molar-refractivity contribution in [2.45, 2.75) is 0 Å². The molecule has 0 aliphatic carbocycles. The third-order valence-electron chi connectivity index (χ3n) is 1.67. The number of halogens is 1. The van der Waals surface area contributed by atoms with E-state index < -0.39 is 10.2 Å². The highest BCUT2D eigenvalue weighted by molar-refractivity contribution is 9.10. The van der Waals surface area contributed by atoms with Gasteiger partial charge in [0.1, 0.15) is 0 Å². The van der Waals surface area contributed by atoms with Crippen LogP contribution in [-0.4, -0.2) is 33.0 Å². The van der Waals surface area contributed by atoms with Gasteiger partial charge in [-0.25, -0.2) is 0 Å². The van der Waals surface area contributed by atoms with Crippen molar-refractivity contribution in [3.05, 3.63) is 34.3 Å². The minimum absolute atomic E-state index is 0.739. The summed E-state index contributed by atoms with van der Waals surface area (Å²) in [6.07, 6.45) is 1.32. The van der Waals surface area contributed by atoms with Gasteiger partial charge in [-0.15, -0.1) is 0 Å². The number of hydrogen-bond acceptors (Lipinski definition) is 2. The quantitative estimate of drug-likeness (QED) is 0.795. The van der Waals surface area contributed by atoms with Gasteiger partial charge in [0.15, 0.2) is 0 Å². The standard InChI is InChI=1S/C9H11BrN2O2S/c1-12(2)15(13,14)11-7-8-3-5-9(10)6-4-8/h3-7H,1-2H3/b11-7+. The van der Waals surface area contributed by atoms with Crippen LogP contribution >= 0.6 is 15.9 Å². The van der Waals surface area contributed by atoms with Crippen LogP contribution in [0.5, 0.6) is 0 Å². The monoisotopic (exact) mass is 290 g/mol. The molecule has 0 atom stereocenters. The summed E-state index contributed by atoms with van der Waals surface area (Å²) < 4.78 is 28.1. The zero-order valence-corrected chi connectivity index (χ0v) is 10.8. The van der Waals surface area contributed by atoms with Crippen molar-refractivity contribution in [1.82, 2.24) is 4.31 Å². The molecule has 0 aromatic heterocycles. The molecule has 82 valence electrons. The van der Waals surface area contributed by atoms with Gasteiger partial charge < -0.3 is 0 Å². The highest BCUT2D eigenvalue weighted by Gasteiger charge is 2.08. The molecule has 0 aliphatic heterocycles. The lowest BCUT2D eigenvalue weighted by atomic mass is 10.2. The second-order valence-electron chi connectivity index (χ2n) is 3.05. The summed E-state index contributed by atoms with van der Waals surface area (Å²) in [6.45, 7) is 0. The zero-order chi connectivity index (χ0) is 11.5. The summed E-state index contributed by atoms with van der Waals surface area (Å²) in [6, 6.07) is 7.20. The molecule has 0 radical (unpaired) electrons. The van der Waals surface area contributed by atoms with Crippen molar-refractivity contribution >= 4 is 32.4 Å². The normalized spacial score (nSPS) is 12.5. The highest BCUT2D eigenvalue weighted by atomic mass is 79.9. The first-order valence-electron chi connectivity index (χ1n) is 4.15. The van der Waals surface area contributed by atoms with Gasteiger partial charge >= 0.3 is 10.2 Å². The minimum Gasteiger partial charge on any atom is -0.189 e. The number of nitrogens with zero attached hydrogens (tertiary/aromatic N) is 2. The van der Waals surface area contributed by atoms with Crippen molar-refractivity contribution in [3.63, 3.8) is 0 Å². The maximum atomic E-state index is 11.3. The van der Waals surface area contributed by atoms with Gasteiger partial charge in [-0.1, -0.05) is 28.1 Å². The Bertz CT molecular complexity index is 452. The molecule has 0 aliphatic rings. The fraction of sp³-hybridized carbons (Fsp3) is 0.222. The lowest BCUT2D eigenvalue weighted by Crippen LogP contribution is -2.19. The van der Waals surface area contributed by atoms with Crippen LogP contribution in [0.15, 0.2) is 33.1 Å². The SMILES string of the molecule is CN(C)S(=O)(=O)/N=C/c1ccc(Br)cc1. The van der Waals surface area contributed by atoms with Gasteiger partial charge in [-0.3, -0.25) is 0 Å². The number of rotatable bonds is 3. The molecule has 0 heterocycles. The van der Waals surface area contributed by atoms with Crippen LogP contribution in [0.3, 0.4) is 0 Å². The maximum absolute atomic E-state index is 11.3. The topological polar surface area (TPSA) is 49.7 Å². The van der Waals surface area contributed by atoms with Gasteiger partial charge in [-0.05, 0) is 17.7 Å². The zero-order valence-electron chi connectivity index (χ0n) is 8.38.